The van der Waals surface area contributed by atoms with Crippen molar-refractivity contribution in [2.45, 2.75) is 24.3 Å². The number of hydrogen-bond donors (Lipinski definition) is 1. The molecular weight excluding hydrogens is 270 g/mol. The molecule has 0 saturated heterocycles. The van der Waals surface area contributed by atoms with Crippen LogP contribution in [0.1, 0.15) is 11.1 Å². The number of nitrogens with two attached hydrogens (primary N) is 1. The molecule has 0 fully saturated rings. The topological polar surface area (TPSA) is 60.2 Å². The van der Waals surface area contributed by atoms with Crippen molar-refractivity contribution in [3.63, 3.8) is 0 Å². The quantitative estimate of drug-likeness (QED) is 0.919. The summed E-state index contributed by atoms with van der Waals surface area (Å²) < 4.78 is 24.5. The Kier molecular flexibility index (Phi) is 4.57. The predicted molar refractivity (Wildman–Crippen MR) is 81.4 cm³/mol. The largest absolute Gasteiger partial charge is 0.326 e. The van der Waals surface area contributed by atoms with E-state index in [0.29, 0.717) is 11.3 Å². The molecule has 0 aliphatic heterocycles. The van der Waals surface area contributed by atoms with E-state index in [1.165, 1.54) is 0 Å². The van der Waals surface area contributed by atoms with Gasteiger partial charge in [-0.3, -0.25) is 0 Å². The lowest BCUT2D eigenvalue weighted by atomic mass is 10.1. The van der Waals surface area contributed by atoms with E-state index in [1.807, 2.05) is 37.3 Å². The molecular formula is C16H19NO2S. The molecule has 0 amide bonds. The SMILES string of the molecule is Cc1ccc(S(=O)(=O)CC(N)Cc2ccccc2)cc1. The van der Waals surface area contributed by atoms with Crippen LogP contribution in [0.15, 0.2) is 59.5 Å². The van der Waals surface area contributed by atoms with E-state index in [2.05, 4.69) is 0 Å². The Morgan fingerprint density at radius 1 is 1.00 bits per heavy atom. The summed E-state index contributed by atoms with van der Waals surface area (Å²) in [7, 11) is -3.32. The van der Waals surface area contributed by atoms with Crippen LogP contribution in [0.25, 0.3) is 0 Å². The predicted octanol–water partition coefficient (Wildman–Crippen LogP) is 2.34. The molecule has 0 aliphatic carbocycles. The van der Waals surface area contributed by atoms with E-state index in [9.17, 15) is 8.42 Å². The maximum absolute atomic E-state index is 12.3. The Morgan fingerprint density at radius 2 is 1.60 bits per heavy atom. The second-order valence-corrected chi connectivity index (χ2v) is 7.08. The standard InChI is InChI=1S/C16H19NO2S/c1-13-7-9-16(10-8-13)20(18,19)12-15(17)11-14-5-3-2-4-6-14/h2-10,15H,11-12,17H2,1H3. The first-order valence-electron chi connectivity index (χ1n) is 6.56. The minimum atomic E-state index is -3.32. The number of hydrogen-bond acceptors (Lipinski definition) is 3. The summed E-state index contributed by atoms with van der Waals surface area (Å²) >= 11 is 0. The van der Waals surface area contributed by atoms with E-state index >= 15 is 0 Å². The van der Waals surface area contributed by atoms with Crippen molar-refractivity contribution in [2.24, 2.45) is 5.73 Å². The number of benzene rings is 2. The van der Waals surface area contributed by atoms with Crippen molar-refractivity contribution in [2.75, 3.05) is 5.75 Å². The van der Waals surface area contributed by atoms with Gasteiger partial charge in [-0.2, -0.15) is 0 Å². The van der Waals surface area contributed by atoms with Gasteiger partial charge in [-0.05, 0) is 31.0 Å². The average Bonchev–Trinajstić information content (AvgIpc) is 2.39. The normalized spacial score (nSPS) is 13.1. The highest BCUT2D eigenvalue weighted by Crippen LogP contribution is 2.14. The molecule has 2 N–H and O–H groups in total. The van der Waals surface area contributed by atoms with Gasteiger partial charge in [-0.15, -0.1) is 0 Å². The molecule has 106 valence electrons. The van der Waals surface area contributed by atoms with Crippen molar-refractivity contribution in [3.05, 3.63) is 65.7 Å². The summed E-state index contributed by atoms with van der Waals surface area (Å²) in [5.74, 6) is -0.0368. The Bertz CT molecular complexity index is 649. The van der Waals surface area contributed by atoms with Gasteiger partial charge >= 0.3 is 0 Å². The van der Waals surface area contributed by atoms with E-state index in [4.69, 9.17) is 5.73 Å². The fourth-order valence-electron chi connectivity index (χ4n) is 2.10. The van der Waals surface area contributed by atoms with Crippen LogP contribution in [0.5, 0.6) is 0 Å². The van der Waals surface area contributed by atoms with Crippen molar-refractivity contribution < 1.29 is 8.42 Å². The summed E-state index contributed by atoms with van der Waals surface area (Å²) in [4.78, 5) is 0.339. The number of aryl methyl sites for hydroxylation is 1. The number of rotatable bonds is 5. The third-order valence-electron chi connectivity index (χ3n) is 3.15. The third kappa shape index (κ3) is 3.92. The molecule has 4 heteroatoms. The lowest BCUT2D eigenvalue weighted by Gasteiger charge is -2.12. The third-order valence-corrected chi connectivity index (χ3v) is 5.01. The van der Waals surface area contributed by atoms with Gasteiger partial charge in [0.15, 0.2) is 9.84 Å². The highest BCUT2D eigenvalue weighted by molar-refractivity contribution is 7.91. The smallest absolute Gasteiger partial charge is 0.179 e. The van der Waals surface area contributed by atoms with Crippen LogP contribution in [0.4, 0.5) is 0 Å². The van der Waals surface area contributed by atoms with Crippen LogP contribution in [0, 0.1) is 6.92 Å². The first kappa shape index (κ1) is 14.8. The molecule has 0 radical (unpaired) electrons. The molecule has 3 nitrogen and oxygen atoms in total. The molecule has 0 heterocycles. The molecule has 2 rings (SSSR count). The van der Waals surface area contributed by atoms with Gasteiger partial charge in [0.25, 0.3) is 0 Å². The molecule has 0 aliphatic rings. The molecule has 1 atom stereocenters. The first-order chi connectivity index (χ1) is 9.47. The fourth-order valence-corrected chi connectivity index (χ4v) is 3.52. The molecule has 0 bridgehead atoms. The van der Waals surface area contributed by atoms with E-state index in [0.717, 1.165) is 11.1 Å². The zero-order valence-electron chi connectivity index (χ0n) is 11.5. The van der Waals surface area contributed by atoms with Gasteiger partial charge in [-0.1, -0.05) is 48.0 Å². The Balaban J connectivity index is 2.06. The van der Waals surface area contributed by atoms with Crippen molar-refractivity contribution in [3.8, 4) is 0 Å². The van der Waals surface area contributed by atoms with Gasteiger partial charge in [0.05, 0.1) is 10.6 Å². The summed E-state index contributed by atoms with van der Waals surface area (Å²) in [5.41, 5.74) is 8.07. The Labute approximate surface area is 120 Å². The van der Waals surface area contributed by atoms with Crippen molar-refractivity contribution in [1.82, 2.24) is 0 Å². The highest BCUT2D eigenvalue weighted by atomic mass is 32.2. The molecule has 2 aromatic carbocycles. The highest BCUT2D eigenvalue weighted by Gasteiger charge is 2.18. The van der Waals surface area contributed by atoms with Gasteiger partial charge < -0.3 is 5.73 Å². The minimum absolute atomic E-state index is 0.0368. The van der Waals surface area contributed by atoms with Crippen molar-refractivity contribution >= 4 is 9.84 Å². The molecule has 2 aromatic rings. The monoisotopic (exact) mass is 289 g/mol. The first-order valence-corrected chi connectivity index (χ1v) is 8.21. The van der Waals surface area contributed by atoms with Crippen LogP contribution in [-0.4, -0.2) is 20.2 Å². The summed E-state index contributed by atoms with van der Waals surface area (Å²) in [6.45, 7) is 1.93. The van der Waals surface area contributed by atoms with Gasteiger partial charge in [0.2, 0.25) is 0 Å². The average molecular weight is 289 g/mol. The lowest BCUT2D eigenvalue weighted by molar-refractivity contribution is 0.585. The minimum Gasteiger partial charge on any atom is -0.326 e. The van der Waals surface area contributed by atoms with Gasteiger partial charge in [-0.25, -0.2) is 8.42 Å². The van der Waals surface area contributed by atoms with Crippen LogP contribution in [-0.2, 0) is 16.3 Å². The summed E-state index contributed by atoms with van der Waals surface area (Å²) in [6, 6.07) is 16.2. The maximum Gasteiger partial charge on any atom is 0.179 e. The van der Waals surface area contributed by atoms with E-state index < -0.39 is 15.9 Å². The van der Waals surface area contributed by atoms with Crippen LogP contribution < -0.4 is 5.73 Å². The van der Waals surface area contributed by atoms with Crippen molar-refractivity contribution in [1.29, 1.82) is 0 Å². The zero-order valence-corrected chi connectivity index (χ0v) is 12.3. The zero-order chi connectivity index (χ0) is 14.6. The second kappa shape index (κ2) is 6.20. The molecule has 20 heavy (non-hydrogen) atoms. The van der Waals surface area contributed by atoms with Gasteiger partial charge in [0, 0.05) is 6.04 Å². The molecule has 1 unspecified atom stereocenters. The van der Waals surface area contributed by atoms with E-state index in [1.54, 1.807) is 24.3 Å². The summed E-state index contributed by atoms with van der Waals surface area (Å²) in [6.07, 6.45) is 0.561. The second-order valence-electron chi connectivity index (χ2n) is 5.04. The number of sulfone groups is 1. The Hall–Kier alpha value is -1.65. The van der Waals surface area contributed by atoms with Crippen LogP contribution in [0.2, 0.25) is 0 Å². The Morgan fingerprint density at radius 3 is 2.20 bits per heavy atom. The summed E-state index contributed by atoms with van der Waals surface area (Å²) in [5, 5.41) is 0. The molecule has 0 aromatic heterocycles. The van der Waals surface area contributed by atoms with Crippen LogP contribution >= 0.6 is 0 Å². The van der Waals surface area contributed by atoms with Gasteiger partial charge in [0.1, 0.15) is 0 Å². The van der Waals surface area contributed by atoms with Crippen LogP contribution in [0.3, 0.4) is 0 Å². The fraction of sp³-hybridized carbons (Fsp3) is 0.250. The maximum atomic E-state index is 12.3. The molecule has 0 spiro atoms. The lowest BCUT2D eigenvalue weighted by Crippen LogP contribution is -2.31. The molecule has 0 saturated carbocycles. The van der Waals surface area contributed by atoms with E-state index in [-0.39, 0.29) is 5.75 Å².